The van der Waals surface area contributed by atoms with Crippen LogP contribution in [0, 0.1) is 0 Å². The van der Waals surface area contributed by atoms with Crippen LogP contribution < -0.4 is 4.74 Å². The van der Waals surface area contributed by atoms with Crippen LogP contribution >= 0.6 is 0 Å². The number of hydrogen-bond acceptors (Lipinski definition) is 4. The van der Waals surface area contributed by atoms with Crippen LogP contribution in [0.1, 0.15) is 41.4 Å². The van der Waals surface area contributed by atoms with Crippen LogP contribution in [-0.2, 0) is 19.6 Å². The summed E-state index contributed by atoms with van der Waals surface area (Å²) in [5, 5.41) is 0. The van der Waals surface area contributed by atoms with E-state index >= 15 is 0 Å². The van der Waals surface area contributed by atoms with Crippen molar-refractivity contribution in [1.82, 2.24) is 14.9 Å². The maximum atomic E-state index is 5.96. The molecule has 1 aromatic carbocycles. The van der Waals surface area contributed by atoms with Crippen LogP contribution in [-0.4, -0.2) is 20.9 Å². The monoisotopic (exact) mass is 357 g/mol. The van der Waals surface area contributed by atoms with Gasteiger partial charge in [-0.1, -0.05) is 24.3 Å². The molecule has 2 atom stereocenters. The van der Waals surface area contributed by atoms with E-state index in [0.29, 0.717) is 18.7 Å². The molecule has 2 bridgehead atoms. The highest BCUT2D eigenvalue weighted by atomic mass is 16.5. The second kappa shape index (κ2) is 7.12. The molecule has 4 nitrogen and oxygen atoms in total. The molecule has 0 N–H and O–H groups in total. The fraction of sp³-hybridized carbons (Fsp3) is 0.304. The normalized spacial score (nSPS) is 21.0. The summed E-state index contributed by atoms with van der Waals surface area (Å²) < 4.78 is 5.96. The Balaban J connectivity index is 1.30. The topological polar surface area (TPSA) is 38.2 Å². The standard InChI is InChI=1S/C23H23N3O/c1-2-11-24-18(6-1)16-27-20-7-3-5-17(13-20)15-26-19-9-10-23(26)21-8-4-12-25-22(21)14-19/h1-8,11-13,19,23H,9-10,14-16H2. The van der Waals surface area contributed by atoms with E-state index in [2.05, 4.69) is 45.2 Å². The fourth-order valence-electron chi connectivity index (χ4n) is 4.46. The zero-order valence-corrected chi connectivity index (χ0v) is 15.3. The average Bonchev–Trinajstić information content (AvgIpc) is 2.99. The Bertz CT molecular complexity index is 928. The third kappa shape index (κ3) is 3.33. The fourth-order valence-corrected chi connectivity index (χ4v) is 4.46. The molecule has 0 amide bonds. The Morgan fingerprint density at radius 3 is 2.85 bits per heavy atom. The van der Waals surface area contributed by atoms with E-state index in [1.165, 1.54) is 29.7 Å². The molecule has 2 aromatic heterocycles. The summed E-state index contributed by atoms with van der Waals surface area (Å²) >= 11 is 0. The third-order valence-electron chi connectivity index (χ3n) is 5.73. The molecular weight excluding hydrogens is 334 g/mol. The number of benzene rings is 1. The van der Waals surface area contributed by atoms with Crippen molar-refractivity contribution in [2.75, 3.05) is 0 Å². The predicted octanol–water partition coefficient (Wildman–Crippen LogP) is 4.32. The van der Waals surface area contributed by atoms with E-state index in [-0.39, 0.29) is 0 Å². The molecule has 1 saturated heterocycles. The van der Waals surface area contributed by atoms with Gasteiger partial charge in [-0.3, -0.25) is 14.9 Å². The van der Waals surface area contributed by atoms with Gasteiger partial charge < -0.3 is 4.74 Å². The number of ether oxygens (including phenoxy) is 1. The summed E-state index contributed by atoms with van der Waals surface area (Å²) in [7, 11) is 0. The highest BCUT2D eigenvalue weighted by Gasteiger charge is 2.40. The minimum absolute atomic E-state index is 0.498. The van der Waals surface area contributed by atoms with Crippen LogP contribution in [0.15, 0.2) is 67.0 Å². The van der Waals surface area contributed by atoms with Crippen molar-refractivity contribution in [2.45, 2.75) is 44.5 Å². The first kappa shape index (κ1) is 16.5. The first-order valence-electron chi connectivity index (χ1n) is 9.68. The summed E-state index contributed by atoms with van der Waals surface area (Å²) in [6.45, 7) is 1.46. The Morgan fingerprint density at radius 2 is 1.93 bits per heavy atom. The van der Waals surface area contributed by atoms with Crippen molar-refractivity contribution in [3.05, 3.63) is 89.5 Å². The van der Waals surface area contributed by atoms with Gasteiger partial charge >= 0.3 is 0 Å². The third-order valence-corrected chi connectivity index (χ3v) is 5.73. The van der Waals surface area contributed by atoms with E-state index in [1.807, 2.05) is 30.5 Å². The second-order valence-corrected chi connectivity index (χ2v) is 7.42. The van der Waals surface area contributed by atoms with Crippen LogP contribution in [0.2, 0.25) is 0 Å². The number of pyridine rings is 2. The van der Waals surface area contributed by atoms with E-state index in [4.69, 9.17) is 4.74 Å². The lowest BCUT2D eigenvalue weighted by molar-refractivity contribution is 0.166. The number of aromatic nitrogens is 2. The Labute approximate surface area is 159 Å². The number of hydrogen-bond donors (Lipinski definition) is 0. The molecule has 0 saturated carbocycles. The van der Waals surface area contributed by atoms with Gasteiger partial charge in [0, 0.05) is 43.1 Å². The molecule has 136 valence electrons. The predicted molar refractivity (Wildman–Crippen MR) is 104 cm³/mol. The molecule has 1 fully saturated rings. The lowest BCUT2D eigenvalue weighted by atomic mass is 9.97. The van der Waals surface area contributed by atoms with Gasteiger partial charge in [-0.25, -0.2) is 0 Å². The minimum atomic E-state index is 0.498. The molecule has 27 heavy (non-hydrogen) atoms. The molecule has 2 aliphatic rings. The van der Waals surface area contributed by atoms with Gasteiger partial charge in [-0.2, -0.15) is 0 Å². The van der Waals surface area contributed by atoms with E-state index in [0.717, 1.165) is 24.4 Å². The molecule has 0 aliphatic carbocycles. The Hall–Kier alpha value is -2.72. The van der Waals surface area contributed by atoms with Gasteiger partial charge in [0.2, 0.25) is 0 Å². The van der Waals surface area contributed by atoms with Gasteiger partial charge in [-0.15, -0.1) is 0 Å². The molecular formula is C23H23N3O. The van der Waals surface area contributed by atoms with Crippen LogP contribution in [0.4, 0.5) is 0 Å². The van der Waals surface area contributed by atoms with Gasteiger partial charge in [0.25, 0.3) is 0 Å². The van der Waals surface area contributed by atoms with E-state index in [9.17, 15) is 0 Å². The second-order valence-electron chi connectivity index (χ2n) is 7.42. The summed E-state index contributed by atoms with van der Waals surface area (Å²) in [6.07, 6.45) is 7.29. The molecule has 2 aliphatic heterocycles. The number of fused-ring (bicyclic) bond motifs is 4. The summed E-state index contributed by atoms with van der Waals surface area (Å²) in [5.74, 6) is 0.907. The highest BCUT2D eigenvalue weighted by molar-refractivity contribution is 5.32. The first-order valence-corrected chi connectivity index (χ1v) is 9.68. The van der Waals surface area contributed by atoms with Crippen LogP contribution in [0.3, 0.4) is 0 Å². The largest absolute Gasteiger partial charge is 0.487 e. The summed E-state index contributed by atoms with van der Waals surface area (Å²) in [4.78, 5) is 11.6. The minimum Gasteiger partial charge on any atom is -0.487 e. The molecule has 4 heteroatoms. The smallest absolute Gasteiger partial charge is 0.130 e. The van der Waals surface area contributed by atoms with Gasteiger partial charge in [0.1, 0.15) is 12.4 Å². The number of rotatable bonds is 5. The Morgan fingerprint density at radius 1 is 0.963 bits per heavy atom. The summed E-state index contributed by atoms with van der Waals surface area (Å²) in [5.41, 5.74) is 4.97. The van der Waals surface area contributed by atoms with Crippen molar-refractivity contribution < 1.29 is 4.74 Å². The van der Waals surface area contributed by atoms with Crippen molar-refractivity contribution in [3.8, 4) is 5.75 Å². The SMILES string of the molecule is c1ccc(COc2cccc(CN3C4CCC3c3cccnc3C4)c2)nc1. The molecule has 2 unspecified atom stereocenters. The quantitative estimate of drug-likeness (QED) is 0.682. The zero-order valence-electron chi connectivity index (χ0n) is 15.3. The molecule has 3 aromatic rings. The first-order chi connectivity index (χ1) is 13.4. The lowest BCUT2D eigenvalue weighted by Gasteiger charge is -2.35. The summed E-state index contributed by atoms with van der Waals surface area (Å²) in [6, 6.07) is 19.8. The van der Waals surface area contributed by atoms with Crippen LogP contribution in [0.25, 0.3) is 0 Å². The molecule has 0 radical (unpaired) electrons. The number of nitrogens with zero attached hydrogens (tertiary/aromatic N) is 3. The van der Waals surface area contributed by atoms with Gasteiger partial charge in [0.15, 0.2) is 0 Å². The highest BCUT2D eigenvalue weighted by Crippen LogP contribution is 2.43. The van der Waals surface area contributed by atoms with Crippen molar-refractivity contribution in [1.29, 1.82) is 0 Å². The van der Waals surface area contributed by atoms with Crippen LogP contribution in [0.5, 0.6) is 5.75 Å². The molecule has 4 heterocycles. The molecule has 5 rings (SSSR count). The lowest BCUT2D eigenvalue weighted by Crippen LogP contribution is -2.37. The van der Waals surface area contributed by atoms with Crippen molar-refractivity contribution in [3.63, 3.8) is 0 Å². The maximum absolute atomic E-state index is 5.96. The van der Waals surface area contributed by atoms with Crippen molar-refractivity contribution >= 4 is 0 Å². The molecule has 0 spiro atoms. The zero-order chi connectivity index (χ0) is 18.1. The van der Waals surface area contributed by atoms with E-state index < -0.39 is 0 Å². The van der Waals surface area contributed by atoms with Crippen molar-refractivity contribution in [2.24, 2.45) is 0 Å². The van der Waals surface area contributed by atoms with Gasteiger partial charge in [0.05, 0.1) is 5.69 Å². The maximum Gasteiger partial charge on any atom is 0.130 e. The average molecular weight is 357 g/mol. The Kier molecular flexibility index (Phi) is 4.34. The van der Waals surface area contributed by atoms with E-state index in [1.54, 1.807) is 6.20 Å². The van der Waals surface area contributed by atoms with Gasteiger partial charge in [-0.05, 0) is 54.3 Å².